The molecule has 0 N–H and O–H groups in total. The van der Waals surface area contributed by atoms with E-state index in [-0.39, 0.29) is 0 Å². The summed E-state index contributed by atoms with van der Waals surface area (Å²) in [5.74, 6) is 0. The van der Waals surface area contributed by atoms with Crippen molar-refractivity contribution in [1.82, 2.24) is 5.01 Å². The Labute approximate surface area is 66.5 Å². The number of hydrogen-bond acceptors (Lipinski definition) is 2. The predicted octanol–water partition coefficient (Wildman–Crippen LogP) is 0.930. The van der Waals surface area contributed by atoms with Gasteiger partial charge in [0.05, 0.1) is 7.05 Å². The van der Waals surface area contributed by atoms with Crippen molar-refractivity contribution in [1.29, 1.82) is 0 Å². The number of rotatable bonds is 1. The van der Waals surface area contributed by atoms with E-state index < -0.39 is 0 Å². The highest BCUT2D eigenvalue weighted by Crippen LogP contribution is 2.09. The Kier molecular flexibility index (Phi) is 1.98. The number of allylic oxidation sites excluding steroid dienone is 2. The fraction of sp³-hybridized carbons (Fsp3) is 0.375. The van der Waals surface area contributed by atoms with E-state index in [1.165, 1.54) is 0 Å². The van der Waals surface area contributed by atoms with Crippen molar-refractivity contribution in [2.75, 3.05) is 13.6 Å². The summed E-state index contributed by atoms with van der Waals surface area (Å²) in [6, 6.07) is 0. The topological polar surface area (TPSA) is 29.3 Å². The number of hydrogen-bond donors (Lipinski definition) is 0. The maximum absolute atomic E-state index is 11.1. The van der Waals surface area contributed by atoms with Crippen molar-refractivity contribution in [2.45, 2.75) is 6.92 Å². The van der Waals surface area contributed by atoms with Crippen LogP contribution in [0.2, 0.25) is 0 Å². The highest BCUT2D eigenvalue weighted by Gasteiger charge is 2.23. The fourth-order valence-corrected chi connectivity index (χ4v) is 1.12. The first-order chi connectivity index (χ1) is 5.16. The molecule has 0 spiro atoms. The molecule has 0 atom stereocenters. The molecule has 0 unspecified atom stereocenters. The summed E-state index contributed by atoms with van der Waals surface area (Å²) in [4.78, 5) is 0.898. The van der Waals surface area contributed by atoms with Gasteiger partial charge in [-0.1, -0.05) is 23.6 Å². The highest BCUT2D eigenvalue weighted by atomic mass is 16.5. The zero-order valence-corrected chi connectivity index (χ0v) is 6.87. The quantitative estimate of drug-likeness (QED) is 0.413. The Hall–Kier alpha value is -1.25. The van der Waals surface area contributed by atoms with E-state index in [0.29, 0.717) is 6.54 Å². The lowest BCUT2D eigenvalue weighted by Crippen LogP contribution is -2.22. The molecule has 0 aliphatic carbocycles. The average molecular weight is 152 g/mol. The van der Waals surface area contributed by atoms with Crippen LogP contribution in [0.3, 0.4) is 0 Å². The molecule has 1 heterocycles. The van der Waals surface area contributed by atoms with Gasteiger partial charge in [0.2, 0.25) is 5.71 Å². The predicted molar refractivity (Wildman–Crippen MR) is 45.2 cm³/mol. The molecular weight excluding hydrogens is 140 g/mol. The molecule has 0 saturated carbocycles. The monoisotopic (exact) mass is 152 g/mol. The Bertz CT molecular complexity index is 240. The van der Waals surface area contributed by atoms with Crippen molar-refractivity contribution in [3.05, 3.63) is 29.5 Å². The minimum absolute atomic E-state index is 0.682. The summed E-state index contributed by atoms with van der Waals surface area (Å²) in [6.45, 7) is 6.07. The molecule has 0 bridgehead atoms. The molecule has 0 aromatic heterocycles. The Balaban J connectivity index is 2.94. The van der Waals surface area contributed by atoms with Crippen molar-refractivity contribution >= 4 is 5.71 Å². The Morgan fingerprint density at radius 1 is 1.73 bits per heavy atom. The highest BCUT2D eigenvalue weighted by molar-refractivity contribution is 5.95. The van der Waals surface area contributed by atoms with Crippen molar-refractivity contribution in [3.63, 3.8) is 0 Å². The molecule has 0 radical (unpaired) electrons. The third-order valence-electron chi connectivity index (χ3n) is 1.78. The largest absolute Gasteiger partial charge is 0.596 e. The Morgan fingerprint density at radius 3 is 2.73 bits per heavy atom. The number of hydrazone groups is 1. The molecule has 1 aliphatic rings. The van der Waals surface area contributed by atoms with Gasteiger partial charge in [0.1, 0.15) is 6.54 Å². The van der Waals surface area contributed by atoms with Gasteiger partial charge in [-0.2, -0.15) is 5.01 Å². The van der Waals surface area contributed by atoms with Crippen LogP contribution in [0.15, 0.2) is 24.3 Å². The standard InChI is InChI=1S/C8H12N2O/c1-4-5-8-6-9(3)10(11)7(8)2/h4-5H,1,6H2,2-3H3. The van der Waals surface area contributed by atoms with E-state index in [2.05, 4.69) is 6.58 Å². The molecule has 1 rings (SSSR count). The summed E-state index contributed by atoms with van der Waals surface area (Å²) >= 11 is 0. The minimum atomic E-state index is 0.682. The normalized spacial score (nSPS) is 21.6. The molecule has 0 aromatic rings. The first-order valence-corrected chi connectivity index (χ1v) is 3.50. The van der Waals surface area contributed by atoms with E-state index in [0.717, 1.165) is 16.1 Å². The average Bonchev–Trinajstić information content (AvgIpc) is 2.19. The third kappa shape index (κ3) is 1.27. The van der Waals surface area contributed by atoms with Crippen LogP contribution < -0.4 is 0 Å². The summed E-state index contributed by atoms with van der Waals surface area (Å²) in [5.41, 5.74) is 1.80. The van der Waals surface area contributed by atoms with Gasteiger partial charge >= 0.3 is 0 Å². The lowest BCUT2D eigenvalue weighted by atomic mass is 10.2. The van der Waals surface area contributed by atoms with Crippen molar-refractivity contribution in [3.8, 4) is 0 Å². The van der Waals surface area contributed by atoms with Gasteiger partial charge in [-0.05, 0) is 0 Å². The molecule has 1 aliphatic heterocycles. The maximum Gasteiger partial charge on any atom is 0.221 e. The first-order valence-electron chi connectivity index (χ1n) is 3.50. The van der Waals surface area contributed by atoms with Crippen LogP contribution in [0, 0.1) is 5.21 Å². The van der Waals surface area contributed by atoms with Crippen LogP contribution in [0.1, 0.15) is 6.92 Å². The second-order valence-corrected chi connectivity index (χ2v) is 2.60. The molecule has 0 amide bonds. The van der Waals surface area contributed by atoms with E-state index in [1.807, 2.05) is 13.0 Å². The molecule has 3 nitrogen and oxygen atoms in total. The van der Waals surface area contributed by atoms with Crippen LogP contribution in [-0.4, -0.2) is 29.2 Å². The van der Waals surface area contributed by atoms with E-state index >= 15 is 0 Å². The fourth-order valence-electron chi connectivity index (χ4n) is 1.12. The van der Waals surface area contributed by atoms with Crippen LogP contribution in [0.25, 0.3) is 0 Å². The SMILES string of the molecule is C=CC=C1CN(C)[N+]([O-])=C1C. The third-order valence-corrected chi connectivity index (χ3v) is 1.78. The van der Waals surface area contributed by atoms with Gasteiger partial charge in [-0.3, -0.25) is 0 Å². The van der Waals surface area contributed by atoms with Crippen LogP contribution in [0.4, 0.5) is 0 Å². The zero-order valence-electron chi connectivity index (χ0n) is 6.87. The van der Waals surface area contributed by atoms with Gasteiger partial charge in [-0.15, -0.1) is 0 Å². The zero-order chi connectivity index (χ0) is 8.43. The summed E-state index contributed by atoms with van der Waals surface area (Å²) < 4.78 is 0. The molecule has 11 heavy (non-hydrogen) atoms. The molecule has 0 aromatic carbocycles. The van der Waals surface area contributed by atoms with Crippen LogP contribution in [-0.2, 0) is 0 Å². The second-order valence-electron chi connectivity index (χ2n) is 2.60. The van der Waals surface area contributed by atoms with Crippen LogP contribution in [0.5, 0.6) is 0 Å². The number of nitrogens with zero attached hydrogens (tertiary/aromatic N) is 2. The number of hydrazine groups is 1. The van der Waals surface area contributed by atoms with E-state index in [1.54, 1.807) is 18.1 Å². The minimum Gasteiger partial charge on any atom is -0.596 e. The van der Waals surface area contributed by atoms with Gasteiger partial charge in [0.15, 0.2) is 0 Å². The van der Waals surface area contributed by atoms with E-state index in [9.17, 15) is 5.21 Å². The van der Waals surface area contributed by atoms with Crippen molar-refractivity contribution in [2.24, 2.45) is 0 Å². The lowest BCUT2D eigenvalue weighted by molar-refractivity contribution is -0.620. The van der Waals surface area contributed by atoms with Crippen LogP contribution >= 0.6 is 0 Å². The molecular formula is C8H12N2O. The lowest BCUT2D eigenvalue weighted by Gasteiger charge is -2.07. The number of likely N-dealkylation sites (N-methyl/N-ethyl adjacent to an activating group) is 1. The van der Waals surface area contributed by atoms with Gasteiger partial charge in [0.25, 0.3) is 0 Å². The summed E-state index contributed by atoms with van der Waals surface area (Å²) in [5, 5.41) is 12.7. The molecule has 0 saturated heterocycles. The molecule has 60 valence electrons. The summed E-state index contributed by atoms with van der Waals surface area (Å²) in [7, 11) is 1.76. The molecule has 0 fully saturated rings. The second kappa shape index (κ2) is 2.78. The molecule has 3 heteroatoms. The van der Waals surface area contributed by atoms with Crippen molar-refractivity contribution < 1.29 is 4.85 Å². The van der Waals surface area contributed by atoms with E-state index in [4.69, 9.17) is 0 Å². The summed E-state index contributed by atoms with van der Waals surface area (Å²) in [6.07, 6.45) is 3.57. The van der Waals surface area contributed by atoms with Gasteiger partial charge < -0.3 is 5.21 Å². The Morgan fingerprint density at radius 2 is 2.36 bits per heavy atom. The van der Waals surface area contributed by atoms with Gasteiger partial charge in [-0.25, -0.2) is 0 Å². The maximum atomic E-state index is 11.1. The first kappa shape index (κ1) is 7.85. The van der Waals surface area contributed by atoms with Gasteiger partial charge in [0, 0.05) is 12.5 Å². The smallest absolute Gasteiger partial charge is 0.221 e.